The van der Waals surface area contributed by atoms with Crippen LogP contribution < -0.4 is 0 Å². The van der Waals surface area contributed by atoms with Crippen molar-refractivity contribution < 1.29 is 49.0 Å². The standard InChI is InChI=1S/C30H40O10S/c1-14-17-10-20(32)28(6)21(33)11-22-29(36,13-38-22)24(28)25(39-16(3)31)30(37,27(17,4)5)12-18(14)40-26(35)23(34)15(2)19-8-7-9-41-19/h7-9,15,18,21-25,33-34,36-37H,10-13H2,1-6H3/t15-,18-,21-,22+,23+,24-,25-,28+,29-,30+/m0/s1. The molecule has 0 radical (unpaired) electrons. The minimum absolute atomic E-state index is 0.0163. The highest BCUT2D eigenvalue weighted by Gasteiger charge is 2.75. The fourth-order valence-electron chi connectivity index (χ4n) is 7.74. The summed E-state index contributed by atoms with van der Waals surface area (Å²) in [6, 6.07) is 3.64. The van der Waals surface area contributed by atoms with Gasteiger partial charge in [-0.2, -0.15) is 0 Å². The molecule has 0 aromatic carbocycles. The molecule has 1 aromatic rings. The topological polar surface area (TPSA) is 160 Å². The van der Waals surface area contributed by atoms with Gasteiger partial charge in [-0.15, -0.1) is 11.3 Å². The second-order valence-corrected chi connectivity index (χ2v) is 14.0. The van der Waals surface area contributed by atoms with Crippen LogP contribution >= 0.6 is 11.3 Å². The molecule has 4 aliphatic rings. The van der Waals surface area contributed by atoms with Crippen molar-refractivity contribution in [2.24, 2.45) is 16.7 Å². The Labute approximate surface area is 243 Å². The number of esters is 2. The molecule has 2 bridgehead atoms. The number of thiophene rings is 1. The molecule has 10 atom stereocenters. The first kappa shape index (κ1) is 30.3. The molecule has 226 valence electrons. The van der Waals surface area contributed by atoms with Gasteiger partial charge in [-0.25, -0.2) is 4.79 Å². The summed E-state index contributed by atoms with van der Waals surface area (Å²) < 4.78 is 17.3. The summed E-state index contributed by atoms with van der Waals surface area (Å²) in [6.07, 6.45) is -6.41. The van der Waals surface area contributed by atoms with Gasteiger partial charge in [0.05, 0.1) is 24.2 Å². The van der Waals surface area contributed by atoms with Gasteiger partial charge < -0.3 is 34.6 Å². The van der Waals surface area contributed by atoms with Crippen molar-refractivity contribution in [2.45, 2.75) is 108 Å². The van der Waals surface area contributed by atoms with Gasteiger partial charge in [-0.1, -0.05) is 32.4 Å². The van der Waals surface area contributed by atoms with Gasteiger partial charge >= 0.3 is 11.9 Å². The first-order chi connectivity index (χ1) is 19.0. The van der Waals surface area contributed by atoms with Crippen molar-refractivity contribution in [1.82, 2.24) is 0 Å². The van der Waals surface area contributed by atoms with Gasteiger partial charge in [0.2, 0.25) is 0 Å². The van der Waals surface area contributed by atoms with Crippen molar-refractivity contribution >= 4 is 29.1 Å². The molecular weight excluding hydrogens is 552 g/mol. The Morgan fingerprint density at radius 3 is 2.44 bits per heavy atom. The lowest BCUT2D eigenvalue weighted by atomic mass is 9.45. The Kier molecular flexibility index (Phi) is 7.36. The molecular formula is C30H40O10S. The zero-order valence-corrected chi connectivity index (χ0v) is 25.1. The van der Waals surface area contributed by atoms with E-state index in [4.69, 9.17) is 14.2 Å². The van der Waals surface area contributed by atoms with E-state index in [1.165, 1.54) is 18.3 Å². The number of fused-ring (bicyclic) bond motifs is 5. The van der Waals surface area contributed by atoms with Crippen LogP contribution in [0.5, 0.6) is 0 Å². The molecule has 0 unspecified atom stereocenters. The predicted octanol–water partition coefficient (Wildman–Crippen LogP) is 2.02. The maximum atomic E-state index is 14.2. The van der Waals surface area contributed by atoms with Gasteiger partial charge in [0.1, 0.15) is 29.2 Å². The van der Waals surface area contributed by atoms with Crippen molar-refractivity contribution in [3.05, 3.63) is 33.5 Å². The minimum Gasteiger partial charge on any atom is -0.459 e. The van der Waals surface area contributed by atoms with Crippen LogP contribution in [0.15, 0.2) is 28.7 Å². The molecule has 2 saturated carbocycles. The molecule has 41 heavy (non-hydrogen) atoms. The zero-order chi connectivity index (χ0) is 30.3. The molecule has 2 heterocycles. The van der Waals surface area contributed by atoms with Gasteiger partial charge in [-0.05, 0) is 30.9 Å². The van der Waals surface area contributed by atoms with Gasteiger partial charge in [0.15, 0.2) is 6.10 Å². The molecule has 4 N–H and O–H groups in total. The Morgan fingerprint density at radius 2 is 1.88 bits per heavy atom. The van der Waals surface area contributed by atoms with Crippen molar-refractivity contribution in [3.63, 3.8) is 0 Å². The van der Waals surface area contributed by atoms with Crippen LogP contribution in [-0.4, -0.2) is 86.5 Å². The Bertz CT molecular complexity index is 1270. The van der Waals surface area contributed by atoms with E-state index < -0.39 is 76.3 Å². The summed E-state index contributed by atoms with van der Waals surface area (Å²) >= 11 is 1.41. The number of hydrogen-bond acceptors (Lipinski definition) is 11. The Hall–Kier alpha value is -2.15. The number of aliphatic hydroxyl groups excluding tert-OH is 2. The first-order valence-corrected chi connectivity index (χ1v) is 14.9. The van der Waals surface area contributed by atoms with Crippen LogP contribution in [0.2, 0.25) is 0 Å². The van der Waals surface area contributed by atoms with Crippen LogP contribution in [0.25, 0.3) is 0 Å². The van der Waals surface area contributed by atoms with E-state index in [0.717, 1.165) is 4.88 Å². The molecule has 1 aromatic heterocycles. The molecule has 0 spiro atoms. The summed E-state index contributed by atoms with van der Waals surface area (Å²) in [5.74, 6) is -3.74. The fourth-order valence-corrected chi connectivity index (χ4v) is 8.55. The average molecular weight is 593 g/mol. The van der Waals surface area contributed by atoms with E-state index in [9.17, 15) is 34.8 Å². The van der Waals surface area contributed by atoms with E-state index >= 15 is 0 Å². The SMILES string of the molecule is CC(=O)O[C@H]1[C@@H]2[C@]3(O)CO[C@@H]3C[C@H](O)[C@@]2(C)C(=O)CC2=C(C)[C@@H](OC(=O)[C@H](O)[C@@H](C)c3cccs3)C[C@]1(O)C2(C)C. The number of carbonyl (C=O) groups excluding carboxylic acids is 3. The van der Waals surface area contributed by atoms with E-state index in [1.807, 2.05) is 17.5 Å². The van der Waals surface area contributed by atoms with Crippen LogP contribution in [0.1, 0.15) is 71.6 Å². The van der Waals surface area contributed by atoms with Crippen molar-refractivity contribution in [2.75, 3.05) is 6.61 Å². The highest BCUT2D eigenvalue weighted by Crippen LogP contribution is 2.63. The highest BCUT2D eigenvalue weighted by atomic mass is 32.1. The minimum atomic E-state index is -1.94. The predicted molar refractivity (Wildman–Crippen MR) is 147 cm³/mol. The largest absolute Gasteiger partial charge is 0.459 e. The third-order valence-corrected chi connectivity index (χ3v) is 11.7. The summed E-state index contributed by atoms with van der Waals surface area (Å²) in [4.78, 5) is 40.7. The Balaban J connectivity index is 1.61. The fraction of sp³-hybridized carbons (Fsp3) is 0.700. The molecule has 1 saturated heterocycles. The average Bonchev–Trinajstić information content (AvgIpc) is 3.44. The molecule has 1 aliphatic heterocycles. The number of ether oxygens (including phenoxy) is 3. The van der Waals surface area contributed by atoms with Crippen LogP contribution in [0.4, 0.5) is 0 Å². The van der Waals surface area contributed by atoms with Crippen molar-refractivity contribution in [1.29, 1.82) is 0 Å². The molecule has 11 heteroatoms. The monoisotopic (exact) mass is 592 g/mol. The Morgan fingerprint density at radius 1 is 1.20 bits per heavy atom. The lowest BCUT2D eigenvalue weighted by molar-refractivity contribution is -0.344. The molecule has 0 amide bonds. The summed E-state index contributed by atoms with van der Waals surface area (Å²) in [7, 11) is 0. The number of rotatable bonds is 5. The lowest BCUT2D eigenvalue weighted by Gasteiger charge is -2.66. The summed E-state index contributed by atoms with van der Waals surface area (Å²) in [5, 5.41) is 48.6. The first-order valence-electron chi connectivity index (χ1n) is 14.1. The van der Waals surface area contributed by atoms with Gasteiger partial charge in [-0.3, -0.25) is 9.59 Å². The van der Waals surface area contributed by atoms with Crippen LogP contribution in [0.3, 0.4) is 0 Å². The quantitative estimate of drug-likeness (QED) is 0.294. The van der Waals surface area contributed by atoms with E-state index in [1.54, 1.807) is 34.6 Å². The molecule has 5 rings (SSSR count). The van der Waals surface area contributed by atoms with Crippen LogP contribution in [0, 0.1) is 16.7 Å². The smallest absolute Gasteiger partial charge is 0.336 e. The number of hydrogen-bond donors (Lipinski definition) is 4. The van der Waals surface area contributed by atoms with Crippen molar-refractivity contribution in [3.8, 4) is 0 Å². The number of aliphatic hydroxyl groups is 4. The number of Topliss-reactive ketones (excluding diaryl/α,β-unsaturated/α-hetero) is 1. The zero-order valence-electron chi connectivity index (χ0n) is 24.2. The van der Waals surface area contributed by atoms with E-state index in [-0.39, 0.29) is 31.7 Å². The third kappa shape index (κ3) is 4.26. The summed E-state index contributed by atoms with van der Waals surface area (Å²) in [5.41, 5.74) is -5.28. The summed E-state index contributed by atoms with van der Waals surface area (Å²) in [6.45, 7) is 9.49. The lowest BCUT2D eigenvalue weighted by Crippen LogP contribution is -2.80. The number of carbonyl (C=O) groups is 3. The van der Waals surface area contributed by atoms with E-state index in [0.29, 0.717) is 11.1 Å². The third-order valence-electron chi connectivity index (χ3n) is 10.6. The maximum absolute atomic E-state index is 14.2. The second kappa shape index (κ2) is 9.96. The molecule has 10 nitrogen and oxygen atoms in total. The molecule has 3 aliphatic carbocycles. The number of ketones is 1. The maximum Gasteiger partial charge on any atom is 0.336 e. The molecule has 3 fully saturated rings. The second-order valence-electron chi connectivity index (χ2n) is 13.0. The van der Waals surface area contributed by atoms with Crippen LogP contribution in [-0.2, 0) is 28.6 Å². The van der Waals surface area contributed by atoms with Gasteiger partial charge in [0.25, 0.3) is 0 Å². The van der Waals surface area contributed by atoms with E-state index in [2.05, 4.69) is 0 Å². The normalized spacial score (nSPS) is 41.1. The van der Waals surface area contributed by atoms with Gasteiger partial charge in [0, 0.05) is 48.3 Å². The highest BCUT2D eigenvalue weighted by molar-refractivity contribution is 7.10.